The van der Waals surface area contributed by atoms with Gasteiger partial charge in [-0.15, -0.1) is 0 Å². The molecule has 1 aromatic carbocycles. The number of rotatable bonds is 6. The van der Waals surface area contributed by atoms with Gasteiger partial charge in [-0.3, -0.25) is 0 Å². The number of benzene rings is 1. The second-order valence-electron chi connectivity index (χ2n) is 6.61. The highest BCUT2D eigenvalue weighted by atomic mass is 16.6. The van der Waals surface area contributed by atoms with Crippen LogP contribution in [-0.4, -0.2) is 24.4 Å². The van der Waals surface area contributed by atoms with Crippen LogP contribution in [0.1, 0.15) is 45.1 Å². The Hall–Kier alpha value is -1.06. The molecule has 3 rings (SSSR count). The van der Waals surface area contributed by atoms with Crippen molar-refractivity contribution < 1.29 is 9.47 Å². The van der Waals surface area contributed by atoms with Gasteiger partial charge in [0.1, 0.15) is 12.4 Å². The third-order valence-corrected chi connectivity index (χ3v) is 4.11. The first-order chi connectivity index (χ1) is 9.62. The number of hydrogen-bond donors (Lipinski definition) is 1. The molecule has 20 heavy (non-hydrogen) atoms. The summed E-state index contributed by atoms with van der Waals surface area (Å²) in [5.74, 6) is 0.994. The molecule has 1 saturated carbocycles. The van der Waals surface area contributed by atoms with Crippen molar-refractivity contribution in [2.45, 2.75) is 63.8 Å². The van der Waals surface area contributed by atoms with E-state index in [-0.39, 0.29) is 11.7 Å². The van der Waals surface area contributed by atoms with Crippen molar-refractivity contribution in [3.05, 3.63) is 29.8 Å². The Morgan fingerprint density at radius 2 is 2.05 bits per heavy atom. The van der Waals surface area contributed by atoms with Gasteiger partial charge < -0.3 is 14.8 Å². The smallest absolute Gasteiger partial charge is 0.123 e. The summed E-state index contributed by atoms with van der Waals surface area (Å²) in [5.41, 5.74) is 1.26. The summed E-state index contributed by atoms with van der Waals surface area (Å²) >= 11 is 0. The van der Waals surface area contributed by atoms with Crippen LogP contribution in [0.15, 0.2) is 24.3 Å². The van der Waals surface area contributed by atoms with Crippen LogP contribution in [0.2, 0.25) is 0 Å². The molecule has 1 heterocycles. The van der Waals surface area contributed by atoms with Gasteiger partial charge in [0, 0.05) is 18.2 Å². The highest BCUT2D eigenvalue weighted by Crippen LogP contribution is 2.30. The first-order valence-electron chi connectivity index (χ1n) is 7.74. The van der Waals surface area contributed by atoms with Crippen molar-refractivity contribution in [3.8, 4) is 5.75 Å². The summed E-state index contributed by atoms with van der Waals surface area (Å²) in [6.45, 7) is 5.86. The Balaban J connectivity index is 1.53. The molecule has 110 valence electrons. The van der Waals surface area contributed by atoms with E-state index >= 15 is 0 Å². The third-order valence-electron chi connectivity index (χ3n) is 4.11. The molecule has 1 aromatic rings. The fourth-order valence-corrected chi connectivity index (χ4v) is 2.71. The fraction of sp³-hybridized carbons (Fsp3) is 0.647. The van der Waals surface area contributed by atoms with Gasteiger partial charge in [-0.1, -0.05) is 18.2 Å². The van der Waals surface area contributed by atoms with E-state index in [1.165, 1.54) is 18.4 Å². The second-order valence-corrected chi connectivity index (χ2v) is 6.61. The van der Waals surface area contributed by atoms with Crippen LogP contribution >= 0.6 is 0 Å². The minimum Gasteiger partial charge on any atom is -0.491 e. The number of hydrogen-bond acceptors (Lipinski definition) is 3. The number of para-hydroxylation sites is 1. The summed E-state index contributed by atoms with van der Waals surface area (Å²) in [4.78, 5) is 0. The second kappa shape index (κ2) is 5.74. The molecule has 1 unspecified atom stereocenters. The first-order valence-corrected chi connectivity index (χ1v) is 7.74. The Morgan fingerprint density at radius 3 is 2.75 bits per heavy atom. The molecule has 0 bridgehead atoms. The molecule has 1 saturated heterocycles. The quantitative estimate of drug-likeness (QED) is 0.864. The van der Waals surface area contributed by atoms with Gasteiger partial charge in [-0.2, -0.15) is 0 Å². The summed E-state index contributed by atoms with van der Waals surface area (Å²) in [6.07, 6.45) is 5.07. The summed E-state index contributed by atoms with van der Waals surface area (Å²) in [7, 11) is 0. The van der Waals surface area contributed by atoms with Crippen LogP contribution in [0.5, 0.6) is 5.75 Å². The zero-order chi connectivity index (χ0) is 14.0. The Labute approximate surface area is 121 Å². The van der Waals surface area contributed by atoms with Crippen LogP contribution in [0, 0.1) is 0 Å². The molecule has 3 nitrogen and oxygen atoms in total. The molecule has 1 aliphatic carbocycles. The van der Waals surface area contributed by atoms with Crippen LogP contribution in [0.4, 0.5) is 0 Å². The fourth-order valence-electron chi connectivity index (χ4n) is 2.71. The van der Waals surface area contributed by atoms with Gasteiger partial charge in [-0.05, 0) is 45.6 Å². The molecule has 0 spiro atoms. The Morgan fingerprint density at radius 1 is 1.25 bits per heavy atom. The highest BCUT2D eigenvalue weighted by molar-refractivity contribution is 5.33. The number of nitrogens with one attached hydrogen (secondary N) is 1. The predicted octanol–water partition coefficient (Wildman–Crippen LogP) is 3.28. The van der Waals surface area contributed by atoms with Crippen molar-refractivity contribution >= 4 is 0 Å². The lowest BCUT2D eigenvalue weighted by molar-refractivity contribution is -0.0327. The van der Waals surface area contributed by atoms with Crippen LogP contribution in [0.3, 0.4) is 0 Å². The van der Waals surface area contributed by atoms with E-state index in [2.05, 4.69) is 37.4 Å². The number of ether oxygens (including phenoxy) is 2. The lowest BCUT2D eigenvalue weighted by atomic mass is 10.1. The summed E-state index contributed by atoms with van der Waals surface area (Å²) < 4.78 is 12.0. The normalized spacial score (nSPS) is 24.8. The lowest BCUT2D eigenvalue weighted by Gasteiger charge is -2.20. The minimum atomic E-state index is 0.0150. The zero-order valence-electron chi connectivity index (χ0n) is 12.5. The average molecular weight is 275 g/mol. The van der Waals surface area contributed by atoms with Crippen molar-refractivity contribution in [1.29, 1.82) is 0 Å². The molecular weight excluding hydrogens is 250 g/mol. The van der Waals surface area contributed by atoms with E-state index in [9.17, 15) is 0 Å². The molecule has 1 N–H and O–H groups in total. The van der Waals surface area contributed by atoms with Crippen LogP contribution in [0.25, 0.3) is 0 Å². The standard InChI is InChI=1S/C17H25NO2/c1-17(2)10-9-15(20-17)12-19-16-6-4-3-5-13(16)11-18-14-7-8-14/h3-6,14-15,18H,7-12H2,1-2H3. The maximum atomic E-state index is 6.00. The molecule has 0 aromatic heterocycles. The van der Waals surface area contributed by atoms with Crippen molar-refractivity contribution in [2.24, 2.45) is 0 Å². The average Bonchev–Trinajstić information content (AvgIpc) is 3.19. The van der Waals surface area contributed by atoms with Crippen molar-refractivity contribution in [1.82, 2.24) is 5.32 Å². The molecule has 0 amide bonds. The highest BCUT2D eigenvalue weighted by Gasteiger charge is 2.32. The molecule has 1 aliphatic heterocycles. The van der Waals surface area contributed by atoms with Crippen LogP contribution in [-0.2, 0) is 11.3 Å². The zero-order valence-corrected chi connectivity index (χ0v) is 12.5. The monoisotopic (exact) mass is 275 g/mol. The van der Waals surface area contributed by atoms with Gasteiger partial charge in [0.2, 0.25) is 0 Å². The van der Waals surface area contributed by atoms with E-state index in [0.29, 0.717) is 6.61 Å². The van der Waals surface area contributed by atoms with E-state index in [0.717, 1.165) is 31.2 Å². The Bertz CT molecular complexity index is 454. The maximum absolute atomic E-state index is 6.00. The molecule has 0 radical (unpaired) electrons. The van der Waals surface area contributed by atoms with Crippen molar-refractivity contribution in [2.75, 3.05) is 6.61 Å². The van der Waals surface area contributed by atoms with E-state index in [1.54, 1.807) is 0 Å². The molecular formula is C17H25NO2. The molecule has 2 aliphatic rings. The lowest BCUT2D eigenvalue weighted by Crippen LogP contribution is -2.24. The Kier molecular flexibility index (Phi) is 3.99. The molecule has 2 fully saturated rings. The largest absolute Gasteiger partial charge is 0.491 e. The third kappa shape index (κ3) is 3.74. The topological polar surface area (TPSA) is 30.5 Å². The first kappa shape index (κ1) is 13.9. The minimum absolute atomic E-state index is 0.0150. The maximum Gasteiger partial charge on any atom is 0.123 e. The summed E-state index contributed by atoms with van der Waals surface area (Å²) in [5, 5.41) is 3.54. The van der Waals surface area contributed by atoms with E-state index in [4.69, 9.17) is 9.47 Å². The van der Waals surface area contributed by atoms with E-state index < -0.39 is 0 Å². The van der Waals surface area contributed by atoms with Gasteiger partial charge in [0.25, 0.3) is 0 Å². The SMILES string of the molecule is CC1(C)CCC(COc2ccccc2CNC2CC2)O1. The van der Waals surface area contributed by atoms with Gasteiger partial charge in [0.05, 0.1) is 11.7 Å². The van der Waals surface area contributed by atoms with E-state index in [1.807, 2.05) is 6.07 Å². The summed E-state index contributed by atoms with van der Waals surface area (Å²) in [6, 6.07) is 9.04. The van der Waals surface area contributed by atoms with Gasteiger partial charge in [0.15, 0.2) is 0 Å². The molecule has 1 atom stereocenters. The van der Waals surface area contributed by atoms with Gasteiger partial charge >= 0.3 is 0 Å². The van der Waals surface area contributed by atoms with Crippen molar-refractivity contribution in [3.63, 3.8) is 0 Å². The molecule has 3 heteroatoms. The van der Waals surface area contributed by atoms with Crippen LogP contribution < -0.4 is 10.1 Å². The van der Waals surface area contributed by atoms with Gasteiger partial charge in [-0.25, -0.2) is 0 Å². The predicted molar refractivity (Wildman–Crippen MR) is 80.0 cm³/mol.